The second-order valence-electron chi connectivity index (χ2n) is 18.9. The topological polar surface area (TPSA) is 181 Å². The lowest BCUT2D eigenvalue weighted by Gasteiger charge is -2.46. The van der Waals surface area contributed by atoms with E-state index in [0.29, 0.717) is 89.6 Å². The lowest BCUT2D eigenvalue weighted by atomic mass is 9.94. The molecule has 0 spiro atoms. The van der Waals surface area contributed by atoms with Crippen LogP contribution in [-0.2, 0) is 14.4 Å². The van der Waals surface area contributed by atoms with Crippen molar-refractivity contribution in [3.63, 3.8) is 0 Å². The second kappa shape index (κ2) is 20.1. The normalized spacial score (nSPS) is 19.7. The molecule has 1 saturated carbocycles. The average molecular weight is 957 g/mol. The molecule has 4 N–H and O–H groups in total. The van der Waals surface area contributed by atoms with Gasteiger partial charge in [-0.15, -0.1) is 0 Å². The molecule has 3 aromatic carbocycles. The number of fused-ring (bicyclic) bond motifs is 2. The second-order valence-corrected chi connectivity index (χ2v) is 18.9. The molecule has 1 aliphatic carbocycles. The minimum Gasteiger partial charge on any atom is -0.457 e. The zero-order valence-electron chi connectivity index (χ0n) is 39.8. The smallest absolute Gasteiger partial charge is 0.266 e. The molecule has 5 heterocycles. The van der Waals surface area contributed by atoms with Crippen LogP contribution in [0.2, 0.25) is 0 Å². The molecule has 16 nitrogen and oxygen atoms in total. The van der Waals surface area contributed by atoms with Gasteiger partial charge in [0.2, 0.25) is 17.7 Å². The van der Waals surface area contributed by atoms with Crippen LogP contribution in [0.5, 0.6) is 11.5 Å². The quantitative estimate of drug-likeness (QED) is 0.0595. The molecule has 3 fully saturated rings. The number of piperazine rings is 1. The third kappa shape index (κ3) is 9.74. The fraction of sp³-hybridized carbons (Fsp3) is 0.404. The summed E-state index contributed by atoms with van der Waals surface area (Å²) in [5, 5.41) is 11.9. The van der Waals surface area contributed by atoms with Gasteiger partial charge in [-0.1, -0.05) is 6.92 Å². The number of hydrogen-bond donors (Lipinski definition) is 4. The van der Waals surface area contributed by atoms with Crippen molar-refractivity contribution in [3.8, 4) is 11.5 Å². The molecule has 2 saturated heterocycles. The highest BCUT2D eigenvalue weighted by atomic mass is 19.1. The highest BCUT2D eigenvalue weighted by Crippen LogP contribution is 2.48. The van der Waals surface area contributed by atoms with Crippen LogP contribution < -0.4 is 30.9 Å². The summed E-state index contributed by atoms with van der Waals surface area (Å²) in [6.07, 6.45) is 6.10. The molecule has 366 valence electrons. The van der Waals surface area contributed by atoms with Crippen LogP contribution in [0.4, 0.5) is 31.7 Å². The average Bonchev–Trinajstić information content (AvgIpc) is 4.14. The van der Waals surface area contributed by atoms with Crippen molar-refractivity contribution in [1.29, 1.82) is 0 Å². The molecule has 4 aliphatic rings. The number of imide groups is 1. The number of rotatable bonds is 16. The van der Waals surface area contributed by atoms with Gasteiger partial charge in [-0.05, 0) is 125 Å². The highest BCUT2D eigenvalue weighted by molar-refractivity contribution is 6.24. The molecule has 70 heavy (non-hydrogen) atoms. The number of carbonyl (C=O) groups is 5. The zero-order valence-corrected chi connectivity index (χ0v) is 39.8. The molecule has 3 atom stereocenters. The number of hydrogen-bond acceptors (Lipinski definition) is 12. The van der Waals surface area contributed by atoms with E-state index in [2.05, 4.69) is 59.8 Å². The fourth-order valence-electron chi connectivity index (χ4n) is 10.0. The third-order valence-electron chi connectivity index (χ3n) is 14.3. The van der Waals surface area contributed by atoms with E-state index in [0.717, 1.165) is 50.5 Å². The molecular weight excluding hydrogens is 899 g/mol. The number of carbonyl (C=O) groups excluding carboxylic acids is 5. The van der Waals surface area contributed by atoms with E-state index in [1.807, 2.05) is 0 Å². The van der Waals surface area contributed by atoms with Crippen LogP contribution in [0, 0.1) is 23.0 Å². The molecule has 1 unspecified atom stereocenters. The van der Waals surface area contributed by atoms with E-state index in [4.69, 9.17) is 4.74 Å². The number of anilines is 4. The monoisotopic (exact) mass is 956 g/mol. The maximum Gasteiger partial charge on any atom is 0.266 e. The summed E-state index contributed by atoms with van der Waals surface area (Å²) in [7, 11) is 1.49. The van der Waals surface area contributed by atoms with Crippen LogP contribution in [0.15, 0.2) is 85.2 Å². The summed E-state index contributed by atoms with van der Waals surface area (Å²) < 4.78 is 35.5. The predicted molar refractivity (Wildman–Crippen MR) is 262 cm³/mol. The predicted octanol–water partition coefficient (Wildman–Crippen LogP) is 6.90. The Morgan fingerprint density at radius 1 is 0.829 bits per heavy atom. The number of piperidine rings is 1. The molecule has 0 bridgehead atoms. The van der Waals surface area contributed by atoms with Crippen molar-refractivity contribution < 1.29 is 37.5 Å². The Kier molecular flexibility index (Phi) is 13.8. The SMILES string of the molecule is CCC(C(=O)NC)N1C(=O)c2ccnc(NCCN3C[C@H](C)N(CC4CCN(c5cc6nccc(Oc7ccc(NC(=O)C8(C(=O)Nc9ccc(F)cc9)CC8)cc7)c6cc5F)CC4)C[C@H]3C)c2C1=O. The summed E-state index contributed by atoms with van der Waals surface area (Å²) in [4.78, 5) is 82.5. The maximum atomic E-state index is 16.0. The summed E-state index contributed by atoms with van der Waals surface area (Å²) in [5.74, 6) is -1.33. The Bertz CT molecular complexity index is 2800. The Morgan fingerprint density at radius 2 is 1.47 bits per heavy atom. The van der Waals surface area contributed by atoms with Gasteiger partial charge in [0.1, 0.15) is 40.4 Å². The van der Waals surface area contributed by atoms with Crippen LogP contribution >= 0.6 is 0 Å². The number of benzene rings is 3. The van der Waals surface area contributed by atoms with Gasteiger partial charge in [0.15, 0.2) is 0 Å². The Balaban J connectivity index is 0.745. The van der Waals surface area contributed by atoms with E-state index < -0.39 is 46.8 Å². The maximum absolute atomic E-state index is 16.0. The van der Waals surface area contributed by atoms with Crippen molar-refractivity contribution in [2.75, 3.05) is 73.7 Å². The zero-order chi connectivity index (χ0) is 49.3. The molecule has 2 aromatic heterocycles. The van der Waals surface area contributed by atoms with Crippen LogP contribution in [0.25, 0.3) is 10.9 Å². The van der Waals surface area contributed by atoms with Crippen molar-refractivity contribution in [2.45, 2.75) is 71.0 Å². The number of likely N-dealkylation sites (N-methyl/N-ethyl adjacent to an activating group) is 1. The fourth-order valence-corrected chi connectivity index (χ4v) is 10.0. The lowest BCUT2D eigenvalue weighted by Crippen LogP contribution is -2.58. The minimum atomic E-state index is -1.20. The number of pyridine rings is 2. The third-order valence-corrected chi connectivity index (χ3v) is 14.3. The van der Waals surface area contributed by atoms with Crippen molar-refractivity contribution in [1.82, 2.24) is 30.0 Å². The van der Waals surface area contributed by atoms with Crippen LogP contribution in [0.3, 0.4) is 0 Å². The molecule has 5 aromatic rings. The Morgan fingerprint density at radius 3 is 2.13 bits per heavy atom. The number of amides is 5. The summed E-state index contributed by atoms with van der Waals surface area (Å²) in [6.45, 7) is 11.6. The van der Waals surface area contributed by atoms with Gasteiger partial charge in [-0.3, -0.25) is 43.7 Å². The van der Waals surface area contributed by atoms with Gasteiger partial charge in [0.05, 0.1) is 22.3 Å². The van der Waals surface area contributed by atoms with Crippen molar-refractivity contribution in [2.24, 2.45) is 11.3 Å². The molecule has 18 heteroatoms. The molecular formula is C52H58F2N10O6. The Labute approximate surface area is 405 Å². The number of aromatic nitrogens is 2. The lowest BCUT2D eigenvalue weighted by molar-refractivity contribution is -0.131. The van der Waals surface area contributed by atoms with Crippen molar-refractivity contribution in [3.05, 3.63) is 108 Å². The van der Waals surface area contributed by atoms with E-state index in [1.165, 1.54) is 49.6 Å². The summed E-state index contributed by atoms with van der Waals surface area (Å²) in [6, 6.07) is 18.3. The minimum absolute atomic E-state index is 0.205. The van der Waals surface area contributed by atoms with E-state index in [-0.39, 0.29) is 23.0 Å². The largest absolute Gasteiger partial charge is 0.457 e. The van der Waals surface area contributed by atoms with Gasteiger partial charge in [0.25, 0.3) is 11.8 Å². The Hall–Kier alpha value is -7.05. The number of nitrogens with one attached hydrogen (secondary N) is 4. The standard InChI is InChI=1S/C52H58F2N10O6/c1-5-42(47(65)55-4)64-48(66)38-14-20-57-46(45(38)49(64)67)58-22-25-62-28-32(3)63(29-31(62)2)30-33-16-23-61(24-17-33)43-27-41-39(26-40(43)54)44(15-21-56-41)70-37-12-10-36(11-13-37)60-51(69)52(18-19-52)50(68)59-35-8-6-34(53)7-9-35/h6-15,20-21,26-27,31-33,42H,5,16-19,22-25,28-30H2,1-4H3,(H,55,65)(H,57,58)(H,59,68)(H,60,69)/t31-,32+,42?/m1/s1. The molecule has 3 aliphatic heterocycles. The molecule has 9 rings (SSSR count). The van der Waals surface area contributed by atoms with E-state index in [9.17, 15) is 28.4 Å². The highest BCUT2D eigenvalue weighted by Gasteiger charge is 2.56. The molecule has 0 radical (unpaired) electrons. The van der Waals surface area contributed by atoms with Gasteiger partial charge in [0, 0.05) is 94.1 Å². The van der Waals surface area contributed by atoms with Crippen LogP contribution in [-0.4, -0.2) is 125 Å². The summed E-state index contributed by atoms with van der Waals surface area (Å²) in [5.41, 5.74) is 1.26. The van der Waals surface area contributed by atoms with Gasteiger partial charge >= 0.3 is 0 Å². The first-order valence-corrected chi connectivity index (χ1v) is 24.1. The molecule has 5 amide bonds. The first-order chi connectivity index (χ1) is 33.8. The van der Waals surface area contributed by atoms with Crippen LogP contribution in [0.1, 0.15) is 73.6 Å². The van der Waals surface area contributed by atoms with Gasteiger partial charge in [-0.25, -0.2) is 13.8 Å². The summed E-state index contributed by atoms with van der Waals surface area (Å²) >= 11 is 0. The van der Waals surface area contributed by atoms with Crippen molar-refractivity contribution >= 4 is 63.3 Å². The van der Waals surface area contributed by atoms with E-state index >= 15 is 4.39 Å². The van der Waals surface area contributed by atoms with E-state index in [1.54, 1.807) is 49.5 Å². The first kappa shape index (κ1) is 48.0. The van der Waals surface area contributed by atoms with Gasteiger partial charge < -0.3 is 30.9 Å². The number of ether oxygens (including phenoxy) is 1. The number of nitrogens with zero attached hydrogens (tertiary/aromatic N) is 6. The van der Waals surface area contributed by atoms with Gasteiger partial charge in [-0.2, -0.15) is 0 Å². The number of halogens is 2. The first-order valence-electron chi connectivity index (χ1n) is 24.1.